The highest BCUT2D eigenvalue weighted by Gasteiger charge is 2.56. The van der Waals surface area contributed by atoms with E-state index in [0.717, 1.165) is 24.1 Å². The SMILES string of the molecule is O=C1Nc2cc(O)ccc2C12CC2. The molecule has 3 rings (SSSR count). The van der Waals surface area contributed by atoms with Crippen molar-refractivity contribution in [3.63, 3.8) is 0 Å². The Kier molecular flexibility index (Phi) is 0.998. The van der Waals surface area contributed by atoms with Gasteiger partial charge in [0.2, 0.25) is 5.91 Å². The van der Waals surface area contributed by atoms with Gasteiger partial charge in [0, 0.05) is 11.8 Å². The fourth-order valence-electron chi connectivity index (χ4n) is 2.04. The first-order valence-electron chi connectivity index (χ1n) is 4.37. The maximum atomic E-state index is 11.5. The minimum Gasteiger partial charge on any atom is -0.508 e. The molecule has 0 unspecified atom stereocenters. The summed E-state index contributed by atoms with van der Waals surface area (Å²) in [7, 11) is 0. The van der Waals surface area contributed by atoms with E-state index in [9.17, 15) is 9.90 Å². The van der Waals surface area contributed by atoms with Crippen molar-refractivity contribution in [3.8, 4) is 5.75 Å². The van der Waals surface area contributed by atoms with Gasteiger partial charge in [0.1, 0.15) is 5.75 Å². The number of phenolic OH excluding ortho intramolecular Hbond substituents is 1. The number of phenols is 1. The van der Waals surface area contributed by atoms with Crippen LogP contribution in [0.2, 0.25) is 0 Å². The molecule has 13 heavy (non-hydrogen) atoms. The van der Waals surface area contributed by atoms with E-state index in [1.165, 1.54) is 0 Å². The van der Waals surface area contributed by atoms with Crippen LogP contribution in [0.5, 0.6) is 5.75 Å². The van der Waals surface area contributed by atoms with Crippen LogP contribution in [0.15, 0.2) is 18.2 Å². The second-order valence-corrected chi connectivity index (χ2v) is 3.77. The number of anilines is 1. The molecule has 0 atom stereocenters. The van der Waals surface area contributed by atoms with Crippen LogP contribution in [0.1, 0.15) is 18.4 Å². The van der Waals surface area contributed by atoms with Gasteiger partial charge < -0.3 is 10.4 Å². The predicted octanol–water partition coefficient (Wildman–Crippen LogP) is 1.38. The monoisotopic (exact) mass is 175 g/mol. The zero-order valence-electron chi connectivity index (χ0n) is 7.00. The van der Waals surface area contributed by atoms with E-state index in [0.29, 0.717) is 0 Å². The Morgan fingerprint density at radius 2 is 2.15 bits per heavy atom. The third-order valence-electron chi connectivity index (χ3n) is 2.95. The van der Waals surface area contributed by atoms with Gasteiger partial charge in [0.05, 0.1) is 5.41 Å². The molecule has 0 saturated heterocycles. The number of benzene rings is 1. The van der Waals surface area contributed by atoms with Gasteiger partial charge in [0.25, 0.3) is 0 Å². The zero-order valence-corrected chi connectivity index (χ0v) is 7.00. The summed E-state index contributed by atoms with van der Waals surface area (Å²) < 4.78 is 0. The van der Waals surface area contributed by atoms with Crippen molar-refractivity contribution in [1.82, 2.24) is 0 Å². The van der Waals surface area contributed by atoms with E-state index < -0.39 is 0 Å². The van der Waals surface area contributed by atoms with E-state index in [1.807, 2.05) is 6.07 Å². The lowest BCUT2D eigenvalue weighted by Crippen LogP contribution is -2.18. The number of amides is 1. The molecule has 3 heteroatoms. The summed E-state index contributed by atoms with van der Waals surface area (Å²) in [6.45, 7) is 0. The van der Waals surface area contributed by atoms with Crippen LogP contribution in [0.3, 0.4) is 0 Å². The Bertz CT molecular complexity index is 407. The average Bonchev–Trinajstić information content (AvgIpc) is 2.80. The van der Waals surface area contributed by atoms with E-state index in [-0.39, 0.29) is 17.1 Å². The van der Waals surface area contributed by atoms with Crippen LogP contribution >= 0.6 is 0 Å². The second kappa shape index (κ2) is 1.87. The smallest absolute Gasteiger partial charge is 0.235 e. The molecule has 1 spiro atoms. The molecule has 66 valence electrons. The van der Waals surface area contributed by atoms with Crippen LogP contribution < -0.4 is 5.32 Å². The van der Waals surface area contributed by atoms with Crippen molar-refractivity contribution < 1.29 is 9.90 Å². The molecule has 1 aromatic carbocycles. The van der Waals surface area contributed by atoms with Gasteiger partial charge in [-0.15, -0.1) is 0 Å². The Morgan fingerprint density at radius 3 is 2.85 bits per heavy atom. The minimum atomic E-state index is -0.233. The van der Waals surface area contributed by atoms with Crippen molar-refractivity contribution in [2.24, 2.45) is 0 Å². The molecule has 1 aliphatic heterocycles. The summed E-state index contributed by atoms with van der Waals surface area (Å²) in [6.07, 6.45) is 1.88. The summed E-state index contributed by atoms with van der Waals surface area (Å²) in [4.78, 5) is 11.5. The summed E-state index contributed by atoms with van der Waals surface area (Å²) >= 11 is 0. The predicted molar refractivity (Wildman–Crippen MR) is 47.6 cm³/mol. The van der Waals surface area contributed by atoms with Gasteiger partial charge in [0.15, 0.2) is 0 Å². The number of carbonyl (C=O) groups excluding carboxylic acids is 1. The zero-order chi connectivity index (χ0) is 9.05. The molecular weight excluding hydrogens is 166 g/mol. The third-order valence-corrected chi connectivity index (χ3v) is 2.95. The van der Waals surface area contributed by atoms with E-state index in [1.54, 1.807) is 12.1 Å². The van der Waals surface area contributed by atoms with E-state index in [2.05, 4.69) is 5.32 Å². The lowest BCUT2D eigenvalue weighted by molar-refractivity contribution is -0.117. The molecule has 1 saturated carbocycles. The van der Waals surface area contributed by atoms with Gasteiger partial charge >= 0.3 is 0 Å². The molecule has 2 N–H and O–H groups in total. The first kappa shape index (κ1) is 6.95. The van der Waals surface area contributed by atoms with Crippen molar-refractivity contribution in [3.05, 3.63) is 23.8 Å². The van der Waals surface area contributed by atoms with Crippen molar-refractivity contribution in [2.45, 2.75) is 18.3 Å². The number of rotatable bonds is 0. The molecule has 3 nitrogen and oxygen atoms in total. The van der Waals surface area contributed by atoms with Gasteiger partial charge in [-0.25, -0.2) is 0 Å². The van der Waals surface area contributed by atoms with Crippen molar-refractivity contribution in [2.75, 3.05) is 5.32 Å². The largest absolute Gasteiger partial charge is 0.508 e. The maximum absolute atomic E-state index is 11.5. The normalized spacial score (nSPS) is 21.4. The van der Waals surface area contributed by atoms with Crippen LogP contribution in [0.25, 0.3) is 0 Å². The lowest BCUT2D eigenvalue weighted by atomic mass is 9.98. The second-order valence-electron chi connectivity index (χ2n) is 3.77. The molecule has 1 fully saturated rings. The first-order valence-corrected chi connectivity index (χ1v) is 4.37. The third kappa shape index (κ3) is 0.716. The first-order chi connectivity index (χ1) is 6.22. The molecule has 0 aromatic heterocycles. The Hall–Kier alpha value is -1.51. The molecule has 1 amide bonds. The number of nitrogens with one attached hydrogen (secondary N) is 1. The highest BCUT2D eigenvalue weighted by molar-refractivity contribution is 6.08. The highest BCUT2D eigenvalue weighted by atomic mass is 16.3. The number of carbonyl (C=O) groups is 1. The molecular formula is C10H9NO2. The van der Waals surface area contributed by atoms with Crippen LogP contribution in [-0.4, -0.2) is 11.0 Å². The van der Waals surface area contributed by atoms with Crippen LogP contribution in [0.4, 0.5) is 5.69 Å². The van der Waals surface area contributed by atoms with Crippen LogP contribution in [-0.2, 0) is 10.2 Å². The Morgan fingerprint density at radius 1 is 1.38 bits per heavy atom. The van der Waals surface area contributed by atoms with Crippen LogP contribution in [0, 0.1) is 0 Å². The fourth-order valence-corrected chi connectivity index (χ4v) is 2.04. The average molecular weight is 175 g/mol. The van der Waals surface area contributed by atoms with Gasteiger partial charge in [-0.05, 0) is 24.5 Å². The molecule has 1 aromatic rings. The Labute approximate surface area is 75.4 Å². The summed E-state index contributed by atoms with van der Waals surface area (Å²) in [6, 6.07) is 5.09. The topological polar surface area (TPSA) is 49.3 Å². The standard InChI is InChI=1S/C10H9NO2/c12-6-1-2-7-8(5-6)11-9(13)10(7)3-4-10/h1-2,5,12H,3-4H2,(H,11,13). The number of fused-ring (bicyclic) bond motifs is 2. The fraction of sp³-hybridized carbons (Fsp3) is 0.300. The van der Waals surface area contributed by atoms with E-state index in [4.69, 9.17) is 0 Å². The van der Waals surface area contributed by atoms with Crippen molar-refractivity contribution >= 4 is 11.6 Å². The molecule has 0 bridgehead atoms. The van der Waals surface area contributed by atoms with Gasteiger partial charge in [-0.2, -0.15) is 0 Å². The molecule has 1 aliphatic carbocycles. The minimum absolute atomic E-state index is 0.0908. The lowest BCUT2D eigenvalue weighted by Gasteiger charge is -2.02. The highest BCUT2D eigenvalue weighted by Crippen LogP contribution is 2.55. The molecule has 0 radical (unpaired) electrons. The molecule has 1 heterocycles. The van der Waals surface area contributed by atoms with E-state index >= 15 is 0 Å². The summed E-state index contributed by atoms with van der Waals surface area (Å²) in [5.74, 6) is 0.296. The van der Waals surface area contributed by atoms with Crippen molar-refractivity contribution in [1.29, 1.82) is 0 Å². The maximum Gasteiger partial charge on any atom is 0.235 e. The molecule has 2 aliphatic rings. The quantitative estimate of drug-likeness (QED) is 0.625. The summed E-state index contributed by atoms with van der Waals surface area (Å²) in [5.41, 5.74) is 1.60. The number of hydrogen-bond acceptors (Lipinski definition) is 2. The number of aromatic hydroxyl groups is 1. The van der Waals surface area contributed by atoms with Gasteiger partial charge in [-0.1, -0.05) is 6.07 Å². The number of hydrogen-bond donors (Lipinski definition) is 2. The Balaban J connectivity index is 2.22. The van der Waals surface area contributed by atoms with Gasteiger partial charge in [-0.3, -0.25) is 4.79 Å². The summed E-state index contributed by atoms with van der Waals surface area (Å²) in [5, 5.41) is 12.0.